The van der Waals surface area contributed by atoms with Crippen LogP contribution in [-0.4, -0.2) is 36.6 Å². The fourth-order valence-electron chi connectivity index (χ4n) is 1.82. The van der Waals surface area contributed by atoms with Crippen LogP contribution in [0.25, 0.3) is 0 Å². The number of unbranched alkanes of at least 4 members (excludes halogenated alkanes) is 2. The average Bonchev–Trinajstić information content (AvgIpc) is 2.32. The number of carbonyl (C=O) groups excluding carboxylic acids is 1. The standard InChI is InChI=1S/C14H26N2O2/c1-4-18-14(17)9-6-5-7-11-16(13(2)3)12-8-10-15/h13H,4-9,11-12H2,1-3H3. The summed E-state index contributed by atoms with van der Waals surface area (Å²) in [7, 11) is 0. The molecule has 0 amide bonds. The lowest BCUT2D eigenvalue weighted by Crippen LogP contribution is -2.32. The molecule has 4 heteroatoms. The maximum atomic E-state index is 11.1. The van der Waals surface area contributed by atoms with Gasteiger partial charge in [0.2, 0.25) is 0 Å². The summed E-state index contributed by atoms with van der Waals surface area (Å²) in [5.41, 5.74) is 0. The highest BCUT2D eigenvalue weighted by Gasteiger charge is 2.08. The van der Waals surface area contributed by atoms with Crippen molar-refractivity contribution in [1.82, 2.24) is 4.90 Å². The zero-order valence-corrected chi connectivity index (χ0v) is 11.9. The van der Waals surface area contributed by atoms with Gasteiger partial charge in [-0.1, -0.05) is 6.42 Å². The Kier molecular flexibility index (Phi) is 10.4. The van der Waals surface area contributed by atoms with Crippen molar-refractivity contribution in [1.29, 1.82) is 5.26 Å². The van der Waals surface area contributed by atoms with Crippen molar-refractivity contribution in [3.63, 3.8) is 0 Å². The molecule has 0 bridgehead atoms. The fourth-order valence-corrected chi connectivity index (χ4v) is 1.82. The van der Waals surface area contributed by atoms with Crippen LogP contribution in [0, 0.1) is 11.3 Å². The van der Waals surface area contributed by atoms with Crippen LogP contribution in [0.1, 0.15) is 52.9 Å². The van der Waals surface area contributed by atoms with Gasteiger partial charge in [0.15, 0.2) is 0 Å². The second-order valence-electron chi connectivity index (χ2n) is 4.65. The summed E-state index contributed by atoms with van der Waals surface area (Å²) in [6, 6.07) is 2.66. The first-order valence-corrected chi connectivity index (χ1v) is 6.88. The van der Waals surface area contributed by atoms with E-state index in [1.807, 2.05) is 6.92 Å². The van der Waals surface area contributed by atoms with E-state index in [0.717, 1.165) is 32.4 Å². The Morgan fingerprint density at radius 1 is 1.28 bits per heavy atom. The molecule has 0 heterocycles. The molecule has 0 aliphatic carbocycles. The highest BCUT2D eigenvalue weighted by atomic mass is 16.5. The van der Waals surface area contributed by atoms with Gasteiger partial charge in [-0.15, -0.1) is 0 Å². The van der Waals surface area contributed by atoms with Crippen LogP contribution in [-0.2, 0) is 9.53 Å². The van der Waals surface area contributed by atoms with Gasteiger partial charge in [0, 0.05) is 25.4 Å². The lowest BCUT2D eigenvalue weighted by molar-refractivity contribution is -0.143. The molecule has 0 unspecified atom stereocenters. The second kappa shape index (κ2) is 11.0. The molecule has 0 aromatic rings. The minimum absolute atomic E-state index is 0.0947. The number of carbonyl (C=O) groups is 1. The minimum atomic E-state index is -0.0947. The van der Waals surface area contributed by atoms with Gasteiger partial charge in [0.25, 0.3) is 0 Å². The molecular formula is C14H26N2O2. The Balaban J connectivity index is 3.61. The molecule has 0 radical (unpaired) electrons. The zero-order chi connectivity index (χ0) is 13.8. The van der Waals surface area contributed by atoms with Crippen molar-refractivity contribution in [3.05, 3.63) is 0 Å². The van der Waals surface area contributed by atoms with E-state index in [1.54, 1.807) is 0 Å². The van der Waals surface area contributed by atoms with E-state index >= 15 is 0 Å². The predicted molar refractivity (Wildman–Crippen MR) is 72.0 cm³/mol. The van der Waals surface area contributed by atoms with Crippen molar-refractivity contribution in [2.45, 2.75) is 58.9 Å². The molecule has 0 fully saturated rings. The monoisotopic (exact) mass is 254 g/mol. The molecule has 104 valence electrons. The third kappa shape index (κ3) is 9.00. The first kappa shape index (κ1) is 16.9. The number of nitriles is 1. The topological polar surface area (TPSA) is 53.3 Å². The maximum Gasteiger partial charge on any atom is 0.305 e. The summed E-state index contributed by atoms with van der Waals surface area (Å²) in [4.78, 5) is 13.4. The van der Waals surface area contributed by atoms with E-state index in [-0.39, 0.29) is 5.97 Å². The number of nitrogens with zero attached hydrogens (tertiary/aromatic N) is 2. The molecule has 0 saturated heterocycles. The summed E-state index contributed by atoms with van der Waals surface area (Å²) in [6.07, 6.45) is 4.11. The van der Waals surface area contributed by atoms with Crippen molar-refractivity contribution >= 4 is 5.97 Å². The Morgan fingerprint density at radius 3 is 2.56 bits per heavy atom. The van der Waals surface area contributed by atoms with Crippen molar-refractivity contribution in [2.24, 2.45) is 0 Å². The first-order chi connectivity index (χ1) is 8.61. The van der Waals surface area contributed by atoms with E-state index in [0.29, 0.717) is 25.5 Å². The van der Waals surface area contributed by atoms with Crippen molar-refractivity contribution < 1.29 is 9.53 Å². The summed E-state index contributed by atoms with van der Waals surface area (Å²) in [5.74, 6) is -0.0947. The van der Waals surface area contributed by atoms with Gasteiger partial charge in [0.1, 0.15) is 0 Å². The normalized spacial score (nSPS) is 10.7. The third-order valence-corrected chi connectivity index (χ3v) is 2.87. The van der Waals surface area contributed by atoms with Gasteiger partial charge in [0.05, 0.1) is 12.7 Å². The van der Waals surface area contributed by atoms with E-state index in [2.05, 4.69) is 24.8 Å². The Hall–Kier alpha value is -1.08. The smallest absolute Gasteiger partial charge is 0.305 e. The maximum absolute atomic E-state index is 11.1. The molecule has 0 aliphatic heterocycles. The molecule has 0 rings (SSSR count). The zero-order valence-electron chi connectivity index (χ0n) is 11.9. The molecule has 0 atom stereocenters. The third-order valence-electron chi connectivity index (χ3n) is 2.87. The van der Waals surface area contributed by atoms with Crippen LogP contribution in [0.3, 0.4) is 0 Å². The van der Waals surface area contributed by atoms with E-state index in [1.165, 1.54) is 0 Å². The molecule has 0 aromatic heterocycles. The van der Waals surface area contributed by atoms with Gasteiger partial charge < -0.3 is 4.74 Å². The van der Waals surface area contributed by atoms with Crippen LogP contribution in [0.2, 0.25) is 0 Å². The number of hydrogen-bond donors (Lipinski definition) is 0. The molecule has 0 aromatic carbocycles. The molecular weight excluding hydrogens is 228 g/mol. The largest absolute Gasteiger partial charge is 0.466 e. The Labute approximate surface area is 111 Å². The van der Waals surface area contributed by atoms with Gasteiger partial charge in [-0.2, -0.15) is 5.26 Å². The summed E-state index contributed by atoms with van der Waals surface area (Å²) in [6.45, 7) is 8.43. The molecule has 0 N–H and O–H groups in total. The molecule has 18 heavy (non-hydrogen) atoms. The highest BCUT2D eigenvalue weighted by molar-refractivity contribution is 5.69. The number of rotatable bonds is 10. The quantitative estimate of drug-likeness (QED) is 0.444. The molecule has 4 nitrogen and oxygen atoms in total. The summed E-state index contributed by atoms with van der Waals surface area (Å²) >= 11 is 0. The lowest BCUT2D eigenvalue weighted by Gasteiger charge is -2.25. The number of esters is 1. The van der Waals surface area contributed by atoms with Crippen molar-refractivity contribution in [3.8, 4) is 6.07 Å². The summed E-state index contributed by atoms with van der Waals surface area (Å²) in [5, 5.41) is 8.59. The predicted octanol–water partition coefficient (Wildman–Crippen LogP) is 2.73. The van der Waals surface area contributed by atoms with Crippen LogP contribution in [0.4, 0.5) is 0 Å². The fraction of sp³-hybridized carbons (Fsp3) is 0.857. The van der Waals surface area contributed by atoms with Crippen LogP contribution < -0.4 is 0 Å². The van der Waals surface area contributed by atoms with E-state index in [4.69, 9.17) is 10.00 Å². The first-order valence-electron chi connectivity index (χ1n) is 6.88. The van der Waals surface area contributed by atoms with Gasteiger partial charge >= 0.3 is 5.97 Å². The van der Waals surface area contributed by atoms with Gasteiger partial charge in [-0.25, -0.2) is 0 Å². The SMILES string of the molecule is CCOC(=O)CCCCCN(CCC#N)C(C)C. The number of hydrogen-bond acceptors (Lipinski definition) is 4. The highest BCUT2D eigenvalue weighted by Crippen LogP contribution is 2.06. The minimum Gasteiger partial charge on any atom is -0.466 e. The second-order valence-corrected chi connectivity index (χ2v) is 4.65. The van der Waals surface area contributed by atoms with Gasteiger partial charge in [-0.05, 0) is 40.2 Å². The van der Waals surface area contributed by atoms with Crippen LogP contribution >= 0.6 is 0 Å². The molecule has 0 aliphatic rings. The van der Waals surface area contributed by atoms with Crippen LogP contribution in [0.15, 0.2) is 0 Å². The van der Waals surface area contributed by atoms with Crippen molar-refractivity contribution in [2.75, 3.05) is 19.7 Å². The van der Waals surface area contributed by atoms with E-state index in [9.17, 15) is 4.79 Å². The summed E-state index contributed by atoms with van der Waals surface area (Å²) < 4.78 is 4.88. The average molecular weight is 254 g/mol. The molecule has 0 saturated carbocycles. The number of ether oxygens (including phenoxy) is 1. The lowest BCUT2D eigenvalue weighted by atomic mass is 10.1. The Morgan fingerprint density at radius 2 is 2.00 bits per heavy atom. The Bertz CT molecular complexity index is 259. The van der Waals surface area contributed by atoms with Gasteiger partial charge in [-0.3, -0.25) is 9.69 Å². The molecule has 0 spiro atoms. The van der Waals surface area contributed by atoms with Crippen LogP contribution in [0.5, 0.6) is 0 Å². The van der Waals surface area contributed by atoms with E-state index < -0.39 is 0 Å².